The van der Waals surface area contributed by atoms with Crippen LogP contribution in [0.2, 0.25) is 0 Å². The zero-order valence-electron chi connectivity index (χ0n) is 11.1. The van der Waals surface area contributed by atoms with Gasteiger partial charge < -0.3 is 4.52 Å². The molecule has 0 aromatic carbocycles. The topological polar surface area (TPSA) is 68.9 Å². The number of aromatic nitrogens is 3. The molecule has 1 atom stereocenters. The normalized spacial score (nSPS) is 12.7. The third kappa shape index (κ3) is 4.21. The van der Waals surface area contributed by atoms with Crippen molar-refractivity contribution in [2.75, 3.05) is 5.75 Å². The van der Waals surface area contributed by atoms with E-state index in [1.54, 1.807) is 11.3 Å². The number of hydrogen-bond donors (Lipinski definition) is 0. The van der Waals surface area contributed by atoms with Crippen molar-refractivity contribution in [3.05, 3.63) is 27.8 Å². The predicted molar refractivity (Wildman–Crippen MR) is 75.6 cm³/mol. The second kappa shape index (κ2) is 6.91. The first kappa shape index (κ1) is 14.3. The van der Waals surface area contributed by atoms with Crippen LogP contribution in [0, 0.1) is 6.92 Å². The van der Waals surface area contributed by atoms with Crippen molar-refractivity contribution in [2.45, 2.75) is 38.9 Å². The zero-order valence-corrected chi connectivity index (χ0v) is 12.7. The molecular weight excluding hydrogens is 282 g/mol. The van der Waals surface area contributed by atoms with Gasteiger partial charge in [-0.3, -0.25) is 4.21 Å². The summed E-state index contributed by atoms with van der Waals surface area (Å²) in [5.74, 6) is 2.15. The van der Waals surface area contributed by atoms with Crippen molar-refractivity contribution in [3.8, 4) is 0 Å². The van der Waals surface area contributed by atoms with Gasteiger partial charge in [-0.2, -0.15) is 4.98 Å². The van der Waals surface area contributed by atoms with Crippen molar-refractivity contribution >= 4 is 22.1 Å². The van der Waals surface area contributed by atoms with Crippen LogP contribution in [0.5, 0.6) is 0 Å². The van der Waals surface area contributed by atoms with Gasteiger partial charge in [-0.15, -0.1) is 11.3 Å². The van der Waals surface area contributed by atoms with Crippen LogP contribution in [-0.2, 0) is 29.4 Å². The molecular formula is C12H17N3O2S2. The second-order valence-electron chi connectivity index (χ2n) is 4.25. The molecule has 0 bridgehead atoms. The van der Waals surface area contributed by atoms with Crippen molar-refractivity contribution in [3.63, 3.8) is 0 Å². The Morgan fingerprint density at radius 2 is 2.26 bits per heavy atom. The van der Waals surface area contributed by atoms with Crippen LogP contribution in [0.3, 0.4) is 0 Å². The first-order chi connectivity index (χ1) is 9.19. The molecule has 7 heteroatoms. The number of aryl methyl sites for hydroxylation is 3. The minimum Gasteiger partial charge on any atom is -0.339 e. The molecule has 0 aliphatic rings. The van der Waals surface area contributed by atoms with Crippen LogP contribution in [0.4, 0.5) is 0 Å². The molecule has 0 saturated heterocycles. The molecule has 104 valence electrons. The van der Waals surface area contributed by atoms with E-state index in [-0.39, 0.29) is 0 Å². The molecule has 0 radical (unpaired) electrons. The molecule has 0 aliphatic carbocycles. The zero-order chi connectivity index (χ0) is 13.7. The highest BCUT2D eigenvalue weighted by Crippen LogP contribution is 2.13. The van der Waals surface area contributed by atoms with Crippen LogP contribution in [0.1, 0.15) is 35.6 Å². The summed E-state index contributed by atoms with van der Waals surface area (Å²) in [5, 5.41) is 3.85. The quantitative estimate of drug-likeness (QED) is 0.784. The van der Waals surface area contributed by atoms with Gasteiger partial charge >= 0.3 is 0 Å². The lowest BCUT2D eigenvalue weighted by atomic mass is 10.3. The molecule has 2 aromatic rings. The number of thiazole rings is 1. The lowest BCUT2D eigenvalue weighted by molar-refractivity contribution is 0.373. The second-order valence-corrected chi connectivity index (χ2v) is 6.77. The van der Waals surface area contributed by atoms with E-state index in [0.717, 1.165) is 25.0 Å². The van der Waals surface area contributed by atoms with Gasteiger partial charge in [-0.1, -0.05) is 12.1 Å². The van der Waals surface area contributed by atoms with Crippen molar-refractivity contribution in [1.82, 2.24) is 15.1 Å². The summed E-state index contributed by atoms with van der Waals surface area (Å²) < 4.78 is 17.0. The molecule has 0 fully saturated rings. The maximum atomic E-state index is 12.0. The first-order valence-electron chi connectivity index (χ1n) is 6.24. The fourth-order valence-electron chi connectivity index (χ4n) is 1.65. The minimum atomic E-state index is -0.961. The molecule has 0 saturated carbocycles. The third-order valence-corrected chi connectivity index (χ3v) is 4.90. The van der Waals surface area contributed by atoms with Gasteiger partial charge in [0.15, 0.2) is 5.82 Å². The maximum Gasteiger partial charge on any atom is 0.226 e. The van der Waals surface area contributed by atoms with Crippen LogP contribution >= 0.6 is 11.3 Å². The van der Waals surface area contributed by atoms with E-state index >= 15 is 0 Å². The summed E-state index contributed by atoms with van der Waals surface area (Å²) in [6.07, 6.45) is 2.54. The summed E-state index contributed by atoms with van der Waals surface area (Å²) in [5.41, 5.74) is 2.86. The Balaban J connectivity index is 1.82. The van der Waals surface area contributed by atoms with Gasteiger partial charge in [0.05, 0.1) is 17.0 Å². The molecule has 0 unspecified atom stereocenters. The first-order valence-corrected chi connectivity index (χ1v) is 8.61. The number of rotatable bonds is 7. The summed E-state index contributed by atoms with van der Waals surface area (Å²) in [6.45, 7) is 4.03. The highest BCUT2D eigenvalue weighted by Gasteiger charge is 2.10. The van der Waals surface area contributed by atoms with Crippen molar-refractivity contribution in [2.24, 2.45) is 0 Å². The van der Waals surface area contributed by atoms with E-state index < -0.39 is 10.8 Å². The smallest absolute Gasteiger partial charge is 0.226 e. The summed E-state index contributed by atoms with van der Waals surface area (Å²) >= 11 is 1.61. The molecule has 5 nitrogen and oxygen atoms in total. The van der Waals surface area contributed by atoms with Crippen molar-refractivity contribution < 1.29 is 8.73 Å². The Hall–Kier alpha value is -1.08. The SMILES string of the molecule is CCCc1nc(C[S@](=O)CCc2scnc2C)no1. The van der Waals surface area contributed by atoms with Crippen LogP contribution in [0.15, 0.2) is 10.0 Å². The molecule has 0 spiro atoms. The summed E-state index contributed by atoms with van der Waals surface area (Å²) in [7, 11) is -0.961. The van der Waals surface area contributed by atoms with E-state index in [1.165, 1.54) is 4.88 Å². The van der Waals surface area contributed by atoms with Crippen LogP contribution in [-0.4, -0.2) is 25.1 Å². The Bertz CT molecular complexity index is 551. The third-order valence-electron chi connectivity index (χ3n) is 2.67. The highest BCUT2D eigenvalue weighted by molar-refractivity contribution is 7.84. The van der Waals surface area contributed by atoms with E-state index in [1.807, 2.05) is 12.4 Å². The maximum absolute atomic E-state index is 12.0. The van der Waals surface area contributed by atoms with E-state index in [2.05, 4.69) is 22.0 Å². The summed E-state index contributed by atoms with van der Waals surface area (Å²) in [4.78, 5) is 9.61. The fourth-order valence-corrected chi connectivity index (χ4v) is 3.54. The van der Waals surface area contributed by atoms with Gasteiger partial charge in [0.2, 0.25) is 5.89 Å². The summed E-state index contributed by atoms with van der Waals surface area (Å²) in [6, 6.07) is 0. The van der Waals surface area contributed by atoms with Gasteiger partial charge in [-0.05, 0) is 19.8 Å². The average Bonchev–Trinajstić information content (AvgIpc) is 2.97. The number of hydrogen-bond acceptors (Lipinski definition) is 6. The molecule has 19 heavy (non-hydrogen) atoms. The highest BCUT2D eigenvalue weighted by atomic mass is 32.2. The Morgan fingerprint density at radius 3 is 2.95 bits per heavy atom. The average molecular weight is 299 g/mol. The minimum absolute atomic E-state index is 0.366. The largest absolute Gasteiger partial charge is 0.339 e. The van der Waals surface area contributed by atoms with Crippen molar-refractivity contribution in [1.29, 1.82) is 0 Å². The van der Waals surface area contributed by atoms with Gasteiger partial charge in [-0.25, -0.2) is 4.98 Å². The molecule has 2 heterocycles. The van der Waals surface area contributed by atoms with Crippen LogP contribution in [0.25, 0.3) is 0 Å². The Labute approximate surface area is 118 Å². The van der Waals surface area contributed by atoms with Crippen LogP contribution < -0.4 is 0 Å². The molecule has 0 N–H and O–H groups in total. The Kier molecular flexibility index (Phi) is 5.21. The molecule has 0 amide bonds. The van der Waals surface area contributed by atoms with E-state index in [9.17, 15) is 4.21 Å². The monoisotopic (exact) mass is 299 g/mol. The standard InChI is InChI=1S/C12H17N3O2S2/c1-3-4-12-14-11(15-17-12)7-19(16)6-5-10-9(2)13-8-18-10/h8H,3-7H2,1-2H3/t19-/m1/s1. The molecule has 2 rings (SSSR count). The fraction of sp³-hybridized carbons (Fsp3) is 0.583. The van der Waals surface area contributed by atoms with Gasteiger partial charge in [0.25, 0.3) is 0 Å². The van der Waals surface area contributed by atoms with Gasteiger partial charge in [0, 0.05) is 27.9 Å². The van der Waals surface area contributed by atoms with E-state index in [4.69, 9.17) is 4.52 Å². The number of nitrogens with zero attached hydrogens (tertiary/aromatic N) is 3. The molecule has 0 aliphatic heterocycles. The van der Waals surface area contributed by atoms with Gasteiger partial charge in [0.1, 0.15) is 0 Å². The lowest BCUT2D eigenvalue weighted by Crippen LogP contribution is -2.05. The molecule has 2 aromatic heterocycles. The predicted octanol–water partition coefficient (Wildman–Crippen LogP) is 2.28. The lowest BCUT2D eigenvalue weighted by Gasteiger charge is -1.98. The van der Waals surface area contributed by atoms with E-state index in [0.29, 0.717) is 23.2 Å². The Morgan fingerprint density at radius 1 is 1.42 bits per heavy atom.